The molecular weight excluding hydrogens is 345 g/mol. The lowest BCUT2D eigenvalue weighted by molar-refractivity contribution is 0.304. The molecule has 0 N–H and O–H groups in total. The molecule has 0 aliphatic heterocycles. The van der Waals surface area contributed by atoms with Crippen molar-refractivity contribution in [2.75, 3.05) is 0 Å². The summed E-state index contributed by atoms with van der Waals surface area (Å²) in [6, 6.07) is 9.93. The first-order valence-electron chi connectivity index (χ1n) is 9.83. The van der Waals surface area contributed by atoms with Gasteiger partial charge in [-0.25, -0.2) is 13.2 Å². The van der Waals surface area contributed by atoms with Crippen LogP contribution in [0.25, 0.3) is 0 Å². The van der Waals surface area contributed by atoms with E-state index >= 15 is 0 Å². The van der Waals surface area contributed by atoms with Crippen molar-refractivity contribution in [1.82, 2.24) is 0 Å². The Labute approximate surface area is 159 Å². The summed E-state index contributed by atoms with van der Waals surface area (Å²) < 4.78 is 39.5. The van der Waals surface area contributed by atoms with Crippen molar-refractivity contribution in [1.29, 1.82) is 0 Å². The summed E-state index contributed by atoms with van der Waals surface area (Å²) >= 11 is 0. The van der Waals surface area contributed by atoms with Crippen molar-refractivity contribution < 1.29 is 13.2 Å². The maximum Gasteiger partial charge on any atom is 0.194 e. The fourth-order valence-electron chi connectivity index (χ4n) is 3.89. The molecule has 0 heterocycles. The van der Waals surface area contributed by atoms with Gasteiger partial charge in [-0.3, -0.25) is 0 Å². The van der Waals surface area contributed by atoms with Gasteiger partial charge in [0.1, 0.15) is 0 Å². The molecule has 27 heavy (non-hydrogen) atoms. The van der Waals surface area contributed by atoms with E-state index in [4.69, 9.17) is 0 Å². The molecular formula is C24H25F3. The summed E-state index contributed by atoms with van der Waals surface area (Å²) in [5.74, 6) is 3.19. The summed E-state index contributed by atoms with van der Waals surface area (Å²) in [4.78, 5) is 0. The topological polar surface area (TPSA) is 0 Å². The highest BCUT2D eigenvalue weighted by molar-refractivity contribution is 5.44. The first-order valence-corrected chi connectivity index (χ1v) is 9.83. The Kier molecular flexibility index (Phi) is 6.61. The van der Waals surface area contributed by atoms with Gasteiger partial charge >= 0.3 is 0 Å². The normalized spacial score (nSPS) is 19.4. The van der Waals surface area contributed by atoms with Crippen molar-refractivity contribution in [3.05, 3.63) is 70.5 Å². The molecule has 0 bridgehead atoms. The molecule has 0 atom stereocenters. The predicted octanol–water partition coefficient (Wildman–Crippen LogP) is 6.97. The van der Waals surface area contributed by atoms with E-state index in [9.17, 15) is 13.2 Å². The van der Waals surface area contributed by atoms with Crippen molar-refractivity contribution >= 4 is 0 Å². The van der Waals surface area contributed by atoms with Crippen molar-refractivity contribution in [2.24, 2.45) is 5.92 Å². The Morgan fingerprint density at radius 3 is 2.04 bits per heavy atom. The molecule has 3 heteroatoms. The summed E-state index contributed by atoms with van der Waals surface area (Å²) in [5.41, 5.74) is 2.25. The fraction of sp³-hybridized carbons (Fsp3) is 0.417. The highest BCUT2D eigenvalue weighted by Gasteiger charge is 2.21. The van der Waals surface area contributed by atoms with Crippen LogP contribution in [0.2, 0.25) is 0 Å². The molecule has 0 amide bonds. The molecule has 142 valence electrons. The predicted molar refractivity (Wildman–Crippen MR) is 103 cm³/mol. The molecule has 2 aromatic rings. The van der Waals surface area contributed by atoms with E-state index in [-0.39, 0.29) is 5.56 Å². The molecule has 3 rings (SSSR count). The van der Waals surface area contributed by atoms with E-state index in [1.807, 2.05) is 12.1 Å². The Bertz CT molecular complexity index is 796. The lowest BCUT2D eigenvalue weighted by atomic mass is 9.77. The fourth-order valence-corrected chi connectivity index (χ4v) is 3.89. The first-order chi connectivity index (χ1) is 13.1. The summed E-state index contributed by atoms with van der Waals surface area (Å²) in [6.45, 7) is 2.25. The van der Waals surface area contributed by atoms with Gasteiger partial charge in [-0.1, -0.05) is 50.2 Å². The third-order valence-electron chi connectivity index (χ3n) is 5.53. The smallest absolute Gasteiger partial charge is 0.194 e. The van der Waals surface area contributed by atoms with E-state index in [0.717, 1.165) is 23.6 Å². The van der Waals surface area contributed by atoms with Crippen LogP contribution in [0, 0.1) is 35.2 Å². The lowest BCUT2D eigenvalue weighted by Gasteiger charge is -2.28. The van der Waals surface area contributed by atoms with Crippen LogP contribution in [-0.4, -0.2) is 0 Å². The Balaban J connectivity index is 1.62. The van der Waals surface area contributed by atoms with Crippen LogP contribution in [-0.2, 0) is 0 Å². The van der Waals surface area contributed by atoms with Gasteiger partial charge < -0.3 is 0 Å². The maximum absolute atomic E-state index is 13.2. The zero-order chi connectivity index (χ0) is 19.2. The zero-order valence-electron chi connectivity index (χ0n) is 15.7. The van der Waals surface area contributed by atoms with Gasteiger partial charge in [-0.05, 0) is 67.3 Å². The first kappa shape index (κ1) is 19.5. The third kappa shape index (κ3) is 5.16. The quantitative estimate of drug-likeness (QED) is 0.403. The van der Waals surface area contributed by atoms with Crippen molar-refractivity contribution in [2.45, 2.75) is 57.8 Å². The molecule has 2 aromatic carbocycles. The summed E-state index contributed by atoms with van der Waals surface area (Å²) in [6.07, 6.45) is 9.09. The number of hydrogen-bond donors (Lipinski definition) is 0. The van der Waals surface area contributed by atoms with Crippen LogP contribution in [0.5, 0.6) is 0 Å². The Morgan fingerprint density at radius 2 is 1.44 bits per heavy atom. The van der Waals surface area contributed by atoms with E-state index in [1.54, 1.807) is 0 Å². The van der Waals surface area contributed by atoms with Crippen molar-refractivity contribution in [3.63, 3.8) is 0 Å². The van der Waals surface area contributed by atoms with Gasteiger partial charge in [0.05, 0.1) is 0 Å². The second kappa shape index (κ2) is 9.13. The summed E-state index contributed by atoms with van der Waals surface area (Å²) in [5, 5.41) is 0. The number of hydrogen-bond acceptors (Lipinski definition) is 0. The minimum Gasteiger partial charge on any atom is -0.204 e. The van der Waals surface area contributed by atoms with Gasteiger partial charge in [0.15, 0.2) is 17.5 Å². The number of benzene rings is 2. The third-order valence-corrected chi connectivity index (χ3v) is 5.53. The minimum absolute atomic E-state index is 0.126. The van der Waals surface area contributed by atoms with Crippen LogP contribution in [0.3, 0.4) is 0 Å². The standard InChI is InChI=1S/C24H25F3/c1-2-3-4-17-7-11-20(12-8-17)21-13-9-18(10-14-21)5-6-19-15-22(25)24(27)23(26)16-19/h9-10,13-17,20H,2-4,7-8,11-12H2,1H3. The number of halogens is 3. The number of unbranched alkanes of at least 4 members (excludes halogenated alkanes) is 1. The van der Waals surface area contributed by atoms with Crippen LogP contribution in [0.1, 0.15) is 74.5 Å². The molecule has 0 radical (unpaired) electrons. The molecule has 1 aliphatic carbocycles. The lowest BCUT2D eigenvalue weighted by Crippen LogP contribution is -2.13. The molecule has 0 saturated heterocycles. The molecule has 0 spiro atoms. The van der Waals surface area contributed by atoms with Gasteiger partial charge in [0.25, 0.3) is 0 Å². The molecule has 1 aliphatic rings. The second-order valence-corrected chi connectivity index (χ2v) is 7.49. The average Bonchev–Trinajstić information content (AvgIpc) is 2.69. The molecule has 1 fully saturated rings. The van der Waals surface area contributed by atoms with E-state index in [1.165, 1.54) is 50.5 Å². The molecule has 0 unspecified atom stereocenters. The highest BCUT2D eigenvalue weighted by Crippen LogP contribution is 2.37. The zero-order valence-corrected chi connectivity index (χ0v) is 15.7. The Morgan fingerprint density at radius 1 is 0.852 bits per heavy atom. The minimum atomic E-state index is -1.46. The van der Waals surface area contributed by atoms with Gasteiger partial charge in [-0.15, -0.1) is 0 Å². The highest BCUT2D eigenvalue weighted by atomic mass is 19.2. The van der Waals surface area contributed by atoms with E-state index < -0.39 is 17.5 Å². The second-order valence-electron chi connectivity index (χ2n) is 7.49. The molecule has 0 aromatic heterocycles. The average molecular weight is 370 g/mol. The Hall–Kier alpha value is -2.21. The number of rotatable bonds is 4. The largest absolute Gasteiger partial charge is 0.204 e. The summed E-state index contributed by atoms with van der Waals surface area (Å²) in [7, 11) is 0. The van der Waals surface area contributed by atoms with Crippen LogP contribution < -0.4 is 0 Å². The van der Waals surface area contributed by atoms with Crippen molar-refractivity contribution in [3.8, 4) is 11.8 Å². The van der Waals surface area contributed by atoms with E-state index in [0.29, 0.717) is 5.92 Å². The van der Waals surface area contributed by atoms with Gasteiger partial charge in [-0.2, -0.15) is 0 Å². The van der Waals surface area contributed by atoms with Crippen LogP contribution >= 0.6 is 0 Å². The van der Waals surface area contributed by atoms with Crippen LogP contribution in [0.4, 0.5) is 13.2 Å². The van der Waals surface area contributed by atoms with Crippen LogP contribution in [0.15, 0.2) is 36.4 Å². The SMILES string of the molecule is CCCCC1CCC(c2ccc(C#Cc3cc(F)c(F)c(F)c3)cc2)CC1. The molecule has 1 saturated carbocycles. The monoisotopic (exact) mass is 370 g/mol. The van der Waals surface area contributed by atoms with Gasteiger partial charge in [0, 0.05) is 11.1 Å². The van der Waals surface area contributed by atoms with Gasteiger partial charge in [0.2, 0.25) is 0 Å². The maximum atomic E-state index is 13.2. The molecule has 0 nitrogen and oxygen atoms in total. The van der Waals surface area contributed by atoms with E-state index in [2.05, 4.69) is 30.9 Å².